The predicted octanol–water partition coefficient (Wildman–Crippen LogP) is 4.29. The van der Waals surface area contributed by atoms with Crippen LogP contribution in [-0.2, 0) is 15.4 Å². The van der Waals surface area contributed by atoms with Gasteiger partial charge in [0.15, 0.2) is 5.78 Å². The molecule has 3 aromatic rings. The first kappa shape index (κ1) is 19.6. The molecule has 0 aliphatic carbocycles. The van der Waals surface area contributed by atoms with Crippen LogP contribution in [0.5, 0.6) is 0 Å². The number of nitrogens with zero attached hydrogens (tertiary/aromatic N) is 1. The maximum atomic E-state index is 13.6. The molecule has 1 aliphatic rings. The Kier molecular flexibility index (Phi) is 5.35. The molecule has 0 N–H and O–H groups in total. The first-order chi connectivity index (χ1) is 14.0. The number of rotatable bonds is 5. The molecule has 0 bridgehead atoms. The molecule has 3 aromatic carbocycles. The normalized spacial score (nSPS) is 17.0. The van der Waals surface area contributed by atoms with E-state index in [1.165, 1.54) is 4.31 Å². The molecule has 1 heterocycles. The number of benzene rings is 3. The van der Waals surface area contributed by atoms with Crippen molar-refractivity contribution in [2.24, 2.45) is 0 Å². The van der Waals surface area contributed by atoms with E-state index in [0.717, 1.165) is 5.56 Å². The predicted molar refractivity (Wildman–Crippen MR) is 113 cm³/mol. The summed E-state index contributed by atoms with van der Waals surface area (Å²) >= 11 is 0. The number of carbonyl (C=O) groups excluding carboxylic acids is 1. The van der Waals surface area contributed by atoms with Gasteiger partial charge < -0.3 is 0 Å². The molecule has 0 radical (unpaired) electrons. The van der Waals surface area contributed by atoms with Crippen molar-refractivity contribution in [3.05, 3.63) is 102 Å². The zero-order valence-corrected chi connectivity index (χ0v) is 16.9. The monoisotopic (exact) mass is 405 g/mol. The second-order valence-electron chi connectivity index (χ2n) is 7.36. The van der Waals surface area contributed by atoms with E-state index in [2.05, 4.69) is 0 Å². The number of hydrogen-bond acceptors (Lipinski definition) is 3. The summed E-state index contributed by atoms with van der Waals surface area (Å²) in [6.07, 6.45) is 0.910. The van der Waals surface area contributed by atoms with E-state index in [9.17, 15) is 13.2 Å². The van der Waals surface area contributed by atoms with Crippen molar-refractivity contribution in [2.75, 3.05) is 13.1 Å². The van der Waals surface area contributed by atoms with Crippen molar-refractivity contribution in [1.29, 1.82) is 0 Å². The van der Waals surface area contributed by atoms with Gasteiger partial charge in [0.1, 0.15) is 0 Å². The fourth-order valence-electron chi connectivity index (χ4n) is 4.12. The molecule has 29 heavy (non-hydrogen) atoms. The highest BCUT2D eigenvalue weighted by Gasteiger charge is 2.45. The van der Waals surface area contributed by atoms with Crippen molar-refractivity contribution < 1.29 is 13.2 Å². The molecule has 0 amide bonds. The second kappa shape index (κ2) is 7.93. The summed E-state index contributed by atoms with van der Waals surface area (Å²) < 4.78 is 27.5. The van der Waals surface area contributed by atoms with Crippen LogP contribution in [0, 0.1) is 0 Å². The van der Waals surface area contributed by atoms with Crippen LogP contribution in [-0.4, -0.2) is 31.6 Å². The zero-order chi connectivity index (χ0) is 20.3. The Morgan fingerprint density at radius 3 is 1.76 bits per heavy atom. The third-order valence-corrected chi connectivity index (χ3v) is 7.67. The van der Waals surface area contributed by atoms with E-state index in [0.29, 0.717) is 36.4 Å². The molecule has 0 aromatic heterocycles. The van der Waals surface area contributed by atoms with Gasteiger partial charge in [-0.15, -0.1) is 0 Å². The van der Waals surface area contributed by atoms with Crippen LogP contribution in [0.2, 0.25) is 0 Å². The second-order valence-corrected chi connectivity index (χ2v) is 9.30. The summed E-state index contributed by atoms with van der Waals surface area (Å²) in [5.74, 6) is 0.0565. The van der Waals surface area contributed by atoms with E-state index in [1.54, 1.807) is 30.3 Å². The van der Waals surface area contributed by atoms with Gasteiger partial charge in [0, 0.05) is 18.7 Å². The number of sulfonamides is 1. The SMILES string of the molecule is O=C(c1ccccc1)C1(c2ccccc2)CCN(S(=O)(=O)c2ccccc2)CC1. The average Bonchev–Trinajstić information content (AvgIpc) is 2.80. The standard InChI is InChI=1S/C24H23NO3S/c26-23(20-10-4-1-5-11-20)24(21-12-6-2-7-13-21)16-18-25(19-17-24)29(27,28)22-14-8-3-9-15-22/h1-15H,16-19H2. The van der Waals surface area contributed by atoms with Gasteiger partial charge in [0.2, 0.25) is 10.0 Å². The van der Waals surface area contributed by atoms with Gasteiger partial charge in [-0.2, -0.15) is 4.31 Å². The Morgan fingerprint density at radius 1 is 0.724 bits per heavy atom. The average molecular weight is 406 g/mol. The molecule has 1 saturated heterocycles. The lowest BCUT2D eigenvalue weighted by Crippen LogP contribution is -2.49. The maximum absolute atomic E-state index is 13.6. The molecule has 0 saturated carbocycles. The summed E-state index contributed by atoms with van der Waals surface area (Å²) in [5, 5.41) is 0. The molecule has 1 aliphatic heterocycles. The number of carbonyl (C=O) groups is 1. The fourth-order valence-corrected chi connectivity index (χ4v) is 5.58. The molecule has 148 valence electrons. The van der Waals surface area contributed by atoms with Crippen LogP contribution in [0.15, 0.2) is 95.9 Å². The molecule has 4 rings (SSSR count). The number of hydrogen-bond donors (Lipinski definition) is 0. The van der Waals surface area contributed by atoms with Crippen molar-refractivity contribution >= 4 is 15.8 Å². The smallest absolute Gasteiger partial charge is 0.243 e. The highest BCUT2D eigenvalue weighted by Crippen LogP contribution is 2.39. The Labute approximate surface area is 171 Å². The summed E-state index contributed by atoms with van der Waals surface area (Å²) in [4.78, 5) is 13.9. The van der Waals surface area contributed by atoms with Crippen molar-refractivity contribution in [1.82, 2.24) is 4.31 Å². The van der Waals surface area contributed by atoms with Crippen molar-refractivity contribution in [3.63, 3.8) is 0 Å². The largest absolute Gasteiger partial charge is 0.293 e. The highest BCUT2D eigenvalue weighted by atomic mass is 32.2. The molecule has 5 heteroatoms. The lowest BCUT2D eigenvalue weighted by molar-refractivity contribution is 0.0819. The van der Waals surface area contributed by atoms with Gasteiger partial charge >= 0.3 is 0 Å². The minimum absolute atomic E-state index is 0.0565. The van der Waals surface area contributed by atoms with E-state index in [-0.39, 0.29) is 5.78 Å². The van der Waals surface area contributed by atoms with Gasteiger partial charge in [-0.25, -0.2) is 8.42 Å². The topological polar surface area (TPSA) is 54.5 Å². The molecular formula is C24H23NO3S. The van der Waals surface area contributed by atoms with E-state index in [1.807, 2.05) is 60.7 Å². The minimum atomic E-state index is -3.56. The first-order valence-corrected chi connectivity index (χ1v) is 11.2. The molecular weight excluding hydrogens is 382 g/mol. The molecule has 0 unspecified atom stereocenters. The van der Waals surface area contributed by atoms with Gasteiger partial charge in [0.25, 0.3) is 0 Å². The summed E-state index contributed by atoms with van der Waals surface area (Å²) in [6.45, 7) is 0.620. The van der Waals surface area contributed by atoms with Crippen LogP contribution >= 0.6 is 0 Å². The van der Waals surface area contributed by atoms with Crippen molar-refractivity contribution in [2.45, 2.75) is 23.2 Å². The summed E-state index contributed by atoms with van der Waals surface area (Å²) in [6, 6.07) is 27.5. The number of ketones is 1. The lowest BCUT2D eigenvalue weighted by Gasteiger charge is -2.40. The molecule has 0 spiro atoms. The number of Topliss-reactive ketones (excluding diaryl/α,β-unsaturated/α-hetero) is 1. The highest BCUT2D eigenvalue weighted by molar-refractivity contribution is 7.89. The maximum Gasteiger partial charge on any atom is 0.243 e. The van der Waals surface area contributed by atoms with Crippen LogP contribution < -0.4 is 0 Å². The van der Waals surface area contributed by atoms with Gasteiger partial charge in [-0.05, 0) is 30.5 Å². The Balaban J connectivity index is 1.67. The molecule has 1 fully saturated rings. The van der Waals surface area contributed by atoms with E-state index >= 15 is 0 Å². The zero-order valence-electron chi connectivity index (χ0n) is 16.1. The third kappa shape index (κ3) is 3.63. The van der Waals surface area contributed by atoms with Gasteiger partial charge in [-0.3, -0.25) is 4.79 Å². The van der Waals surface area contributed by atoms with Crippen LogP contribution in [0.3, 0.4) is 0 Å². The van der Waals surface area contributed by atoms with E-state index in [4.69, 9.17) is 0 Å². The minimum Gasteiger partial charge on any atom is -0.293 e. The van der Waals surface area contributed by atoms with Gasteiger partial charge in [0.05, 0.1) is 10.3 Å². The van der Waals surface area contributed by atoms with Crippen LogP contribution in [0.4, 0.5) is 0 Å². The Morgan fingerprint density at radius 2 is 1.21 bits per heavy atom. The Bertz CT molecular complexity index is 1070. The number of piperidine rings is 1. The van der Waals surface area contributed by atoms with Crippen LogP contribution in [0.1, 0.15) is 28.8 Å². The lowest BCUT2D eigenvalue weighted by atomic mass is 9.68. The van der Waals surface area contributed by atoms with Crippen molar-refractivity contribution in [3.8, 4) is 0 Å². The van der Waals surface area contributed by atoms with Gasteiger partial charge in [-0.1, -0.05) is 78.9 Å². The molecule has 4 nitrogen and oxygen atoms in total. The summed E-state index contributed by atoms with van der Waals surface area (Å²) in [5.41, 5.74) is 0.895. The fraction of sp³-hybridized carbons (Fsp3) is 0.208. The Hall–Kier alpha value is -2.76. The quantitative estimate of drug-likeness (QED) is 0.595. The van der Waals surface area contributed by atoms with E-state index < -0.39 is 15.4 Å². The first-order valence-electron chi connectivity index (χ1n) is 9.75. The molecule has 0 atom stereocenters. The van der Waals surface area contributed by atoms with Crippen LogP contribution in [0.25, 0.3) is 0 Å². The summed E-state index contributed by atoms with van der Waals surface area (Å²) in [7, 11) is -3.56. The third-order valence-electron chi connectivity index (χ3n) is 5.75.